The first-order valence-electron chi connectivity index (χ1n) is 23.9. The van der Waals surface area contributed by atoms with Gasteiger partial charge in [-0.1, -0.05) is 150 Å². The second-order valence-corrected chi connectivity index (χ2v) is 23.8. The third kappa shape index (κ3) is 6.67. The van der Waals surface area contributed by atoms with Gasteiger partial charge in [0.1, 0.15) is 11.2 Å². The van der Waals surface area contributed by atoms with Crippen molar-refractivity contribution in [2.24, 2.45) is 0 Å². The van der Waals surface area contributed by atoms with Crippen molar-refractivity contribution < 1.29 is 4.42 Å². The van der Waals surface area contributed by atoms with Crippen molar-refractivity contribution in [2.45, 2.75) is 111 Å². The van der Waals surface area contributed by atoms with Gasteiger partial charge in [0.15, 0.2) is 0 Å². The number of hydrogen-bond acceptors (Lipinski definition) is 4. The van der Waals surface area contributed by atoms with Gasteiger partial charge in [0.05, 0.1) is 11.4 Å². The van der Waals surface area contributed by atoms with Gasteiger partial charge in [-0.05, 0) is 140 Å². The highest BCUT2D eigenvalue weighted by molar-refractivity contribution is 7.33. The molecule has 0 saturated carbocycles. The molecule has 0 fully saturated rings. The van der Waals surface area contributed by atoms with Crippen molar-refractivity contribution in [1.82, 2.24) is 0 Å². The zero-order chi connectivity index (χ0) is 46.2. The average molecular weight is 881 g/mol. The highest BCUT2D eigenvalue weighted by atomic mass is 32.1. The van der Waals surface area contributed by atoms with Crippen LogP contribution in [0, 0.1) is 0 Å². The van der Waals surface area contributed by atoms with E-state index in [0.717, 1.165) is 28.4 Å². The lowest BCUT2D eigenvalue weighted by Gasteiger charge is -2.44. The second kappa shape index (κ2) is 14.7. The fraction of sp³-hybridized carbons (Fsp3) is 0.279. The van der Waals surface area contributed by atoms with Crippen LogP contribution in [0.25, 0.3) is 43.2 Å². The summed E-state index contributed by atoms with van der Waals surface area (Å²) in [6.45, 7) is 28.0. The Balaban J connectivity index is 1.23. The first-order valence-corrected chi connectivity index (χ1v) is 24.7. The van der Waals surface area contributed by atoms with E-state index in [1.54, 1.807) is 0 Å². The first kappa shape index (κ1) is 42.6. The number of benzene rings is 7. The normalized spacial score (nSPS) is 14.0. The molecule has 0 N–H and O–H groups in total. The number of anilines is 6. The Labute approximate surface area is 396 Å². The number of nitrogens with zero attached hydrogens (tertiary/aromatic N) is 2. The van der Waals surface area contributed by atoms with Gasteiger partial charge in [-0.25, -0.2) is 0 Å². The molecule has 0 bridgehead atoms. The van der Waals surface area contributed by atoms with E-state index >= 15 is 0 Å². The number of fused-ring (bicyclic) bond motifs is 9. The second-order valence-electron chi connectivity index (χ2n) is 22.7. The third-order valence-electron chi connectivity index (χ3n) is 14.9. The van der Waals surface area contributed by atoms with Gasteiger partial charge in [0, 0.05) is 53.9 Å². The van der Waals surface area contributed by atoms with Crippen LogP contribution in [-0.2, 0) is 21.7 Å². The molecule has 2 aromatic heterocycles. The molecule has 0 aliphatic carbocycles. The van der Waals surface area contributed by atoms with E-state index in [9.17, 15) is 0 Å². The predicted octanol–water partition coefficient (Wildman–Crippen LogP) is 16.1. The number of hydrogen-bond donors (Lipinski definition) is 0. The van der Waals surface area contributed by atoms with Crippen LogP contribution in [0.1, 0.15) is 112 Å². The van der Waals surface area contributed by atoms with Crippen molar-refractivity contribution in [3.63, 3.8) is 0 Å². The molecule has 11 rings (SSSR count). The molecule has 2 aliphatic rings. The van der Waals surface area contributed by atoms with Crippen molar-refractivity contribution >= 4 is 99.9 Å². The van der Waals surface area contributed by atoms with Crippen molar-refractivity contribution in [3.8, 4) is 11.1 Å². The molecule has 330 valence electrons. The van der Waals surface area contributed by atoms with Gasteiger partial charge < -0.3 is 14.2 Å². The molecule has 0 spiro atoms. The largest absolute Gasteiger partial charge is 0.456 e. The van der Waals surface area contributed by atoms with Crippen LogP contribution in [0.15, 0.2) is 144 Å². The molecule has 0 unspecified atom stereocenters. The van der Waals surface area contributed by atoms with E-state index in [0.29, 0.717) is 0 Å². The summed E-state index contributed by atoms with van der Waals surface area (Å²) in [5, 5.41) is 3.61. The molecule has 0 saturated heterocycles. The Morgan fingerprint density at radius 2 is 1.12 bits per heavy atom. The molecule has 3 nitrogen and oxygen atoms in total. The minimum Gasteiger partial charge on any atom is -0.456 e. The summed E-state index contributed by atoms with van der Waals surface area (Å²) >= 11 is 1.98. The Morgan fingerprint density at radius 3 is 1.83 bits per heavy atom. The lowest BCUT2D eigenvalue weighted by molar-refractivity contribution is 0.506. The highest BCUT2D eigenvalue weighted by Gasteiger charge is 2.46. The summed E-state index contributed by atoms with van der Waals surface area (Å²) in [6, 6.07) is 53.5. The van der Waals surface area contributed by atoms with Gasteiger partial charge in [-0.15, -0.1) is 11.3 Å². The maximum absolute atomic E-state index is 6.38. The van der Waals surface area contributed by atoms with Crippen molar-refractivity contribution in [3.05, 3.63) is 162 Å². The van der Waals surface area contributed by atoms with Gasteiger partial charge in [0.2, 0.25) is 0 Å². The smallest absolute Gasteiger partial charge is 0.264 e. The van der Waals surface area contributed by atoms with Crippen LogP contribution in [0.3, 0.4) is 0 Å². The Kier molecular flexibility index (Phi) is 9.51. The number of furan rings is 1. The molecule has 0 amide bonds. The summed E-state index contributed by atoms with van der Waals surface area (Å²) in [6.07, 6.45) is 1.05. The third-order valence-corrected chi connectivity index (χ3v) is 16.1. The minimum atomic E-state index is -0.0510. The van der Waals surface area contributed by atoms with Crippen molar-refractivity contribution in [2.75, 3.05) is 9.80 Å². The molecular weight excluding hydrogens is 820 g/mol. The monoisotopic (exact) mass is 880 g/mol. The summed E-state index contributed by atoms with van der Waals surface area (Å²) < 4.78 is 9.12. The summed E-state index contributed by atoms with van der Waals surface area (Å²) in [4.78, 5) is 5.21. The molecule has 66 heavy (non-hydrogen) atoms. The van der Waals surface area contributed by atoms with E-state index in [1.165, 1.54) is 93.3 Å². The van der Waals surface area contributed by atoms with E-state index < -0.39 is 0 Å². The fourth-order valence-electron chi connectivity index (χ4n) is 10.5. The first-order chi connectivity index (χ1) is 31.3. The van der Waals surface area contributed by atoms with Crippen molar-refractivity contribution in [1.29, 1.82) is 0 Å². The zero-order valence-electron chi connectivity index (χ0n) is 40.8. The van der Waals surface area contributed by atoms with E-state index in [4.69, 9.17) is 4.42 Å². The standard InChI is InChI=1S/C61H61BN2OS/c1-13-61(11,12)41-25-30-49-47(36-41)62-55-50(63(42-27-22-38(23-28-42)58(2,3)4)56-46-35-40(60(8,9)10)26-32-54(46)66-57(56)62)18-16-19-51(55)64(49)48-29-24-39(59(5,6)7)34-44(48)37-21-31-53-45(33-37)43-17-14-15-20-52(43)65-53/h14-36H,13H2,1-12H3. The van der Waals surface area contributed by atoms with Gasteiger partial charge in [0.25, 0.3) is 6.71 Å². The molecular formula is C61H61BN2OS. The highest BCUT2D eigenvalue weighted by Crippen LogP contribution is 2.51. The van der Waals surface area contributed by atoms with Crippen LogP contribution in [0.5, 0.6) is 0 Å². The van der Waals surface area contributed by atoms with E-state index in [2.05, 4.69) is 232 Å². The lowest BCUT2D eigenvalue weighted by atomic mass is 9.36. The maximum atomic E-state index is 6.38. The van der Waals surface area contributed by atoms with Crippen LogP contribution in [0.4, 0.5) is 34.1 Å². The van der Waals surface area contributed by atoms with Gasteiger partial charge in [-0.2, -0.15) is 0 Å². The molecule has 5 heteroatoms. The molecule has 0 atom stereocenters. The summed E-state index contributed by atoms with van der Waals surface area (Å²) in [5.74, 6) is 0. The van der Waals surface area contributed by atoms with Crippen LogP contribution < -0.4 is 25.5 Å². The number of rotatable bonds is 5. The summed E-state index contributed by atoms with van der Waals surface area (Å²) in [7, 11) is 0. The Morgan fingerprint density at radius 1 is 0.500 bits per heavy atom. The quantitative estimate of drug-likeness (QED) is 0.161. The lowest BCUT2D eigenvalue weighted by Crippen LogP contribution is -2.60. The molecule has 7 aromatic carbocycles. The van der Waals surface area contributed by atoms with E-state index in [1.807, 2.05) is 11.3 Å². The molecule has 4 heterocycles. The van der Waals surface area contributed by atoms with Gasteiger partial charge >= 0.3 is 0 Å². The van der Waals surface area contributed by atoms with Gasteiger partial charge in [-0.3, -0.25) is 0 Å². The minimum absolute atomic E-state index is 0.00204. The predicted molar refractivity (Wildman–Crippen MR) is 288 cm³/mol. The molecule has 9 aromatic rings. The number of para-hydroxylation sites is 1. The zero-order valence-corrected chi connectivity index (χ0v) is 41.6. The molecule has 2 aliphatic heterocycles. The Hall–Kier alpha value is -6.04. The molecule has 0 radical (unpaired) electrons. The Bertz CT molecular complexity index is 3400. The van der Waals surface area contributed by atoms with Crippen LogP contribution >= 0.6 is 11.3 Å². The summed E-state index contributed by atoms with van der Waals surface area (Å²) in [5.41, 5.74) is 19.7. The number of thiophene rings is 1. The SMILES string of the molecule is CCC(C)(C)c1ccc2c(c1)B1c3sc4ccc(C(C)(C)C)cc4c3N(c3ccc(C(C)(C)C)cc3)c3cccc(c31)N2c1ccc(C(C)(C)C)cc1-c1ccc2oc3ccccc3c2c1. The average Bonchev–Trinajstić information content (AvgIpc) is 3.86. The topological polar surface area (TPSA) is 19.6 Å². The fourth-order valence-corrected chi connectivity index (χ4v) is 11.8. The van der Waals surface area contributed by atoms with Crippen LogP contribution in [-0.4, -0.2) is 6.71 Å². The van der Waals surface area contributed by atoms with E-state index in [-0.39, 0.29) is 28.4 Å². The maximum Gasteiger partial charge on any atom is 0.264 e. The van der Waals surface area contributed by atoms with Crippen LogP contribution in [0.2, 0.25) is 0 Å².